The van der Waals surface area contributed by atoms with Crippen molar-refractivity contribution in [3.63, 3.8) is 0 Å². The molecule has 7 heteroatoms. The number of carbonyl (C=O) groups is 1. The van der Waals surface area contributed by atoms with E-state index in [0.717, 1.165) is 31.5 Å². The predicted octanol–water partition coefficient (Wildman–Crippen LogP) is 1.49. The first-order valence-corrected chi connectivity index (χ1v) is 9.83. The third-order valence-corrected chi connectivity index (χ3v) is 5.54. The fourth-order valence-electron chi connectivity index (χ4n) is 2.69. The molecular weight excluding hydrogens is 314 g/mol. The van der Waals surface area contributed by atoms with Crippen LogP contribution < -0.4 is 0 Å². The van der Waals surface area contributed by atoms with Gasteiger partial charge in [-0.15, -0.1) is 0 Å². The van der Waals surface area contributed by atoms with Crippen LogP contribution >= 0.6 is 0 Å². The van der Waals surface area contributed by atoms with Crippen LogP contribution in [0.4, 0.5) is 0 Å². The number of hydrogen-bond donors (Lipinski definition) is 0. The van der Waals surface area contributed by atoms with Gasteiger partial charge in [0.25, 0.3) is 0 Å². The van der Waals surface area contributed by atoms with Gasteiger partial charge in [-0.2, -0.15) is 4.31 Å². The molecule has 2 rings (SSSR count). The van der Waals surface area contributed by atoms with Gasteiger partial charge in [-0.05, 0) is 36.5 Å². The molecule has 0 N–H and O–H groups in total. The van der Waals surface area contributed by atoms with Crippen LogP contribution in [0.3, 0.4) is 0 Å². The lowest BCUT2D eigenvalue weighted by atomic mass is 9.99. The normalized spacial score (nSPS) is 16.7. The molecule has 1 aliphatic heterocycles. The largest absolute Gasteiger partial charge is 0.343 e. The van der Waals surface area contributed by atoms with Crippen molar-refractivity contribution in [2.75, 3.05) is 25.9 Å². The van der Waals surface area contributed by atoms with Gasteiger partial charge >= 0.3 is 0 Å². The number of rotatable bonds is 6. The Morgan fingerprint density at radius 3 is 2.48 bits per heavy atom. The van der Waals surface area contributed by atoms with E-state index >= 15 is 0 Å². The van der Waals surface area contributed by atoms with E-state index in [4.69, 9.17) is 0 Å². The molecule has 6 nitrogen and oxygen atoms in total. The fraction of sp³-hybridized carbons (Fsp3) is 0.625. The van der Waals surface area contributed by atoms with Gasteiger partial charge in [0.1, 0.15) is 0 Å². The van der Waals surface area contributed by atoms with E-state index in [1.165, 1.54) is 10.6 Å². The van der Waals surface area contributed by atoms with Crippen molar-refractivity contribution in [2.45, 2.75) is 32.7 Å². The average molecular weight is 339 g/mol. The SMILES string of the molecule is CC1CCN(C(=O)CCN(Cc2ccncc2)S(C)(=O)=O)CC1. The third kappa shape index (κ3) is 5.58. The lowest BCUT2D eigenvalue weighted by molar-refractivity contribution is -0.132. The summed E-state index contributed by atoms with van der Waals surface area (Å²) < 4.78 is 25.3. The van der Waals surface area contributed by atoms with Crippen molar-refractivity contribution in [3.8, 4) is 0 Å². The summed E-state index contributed by atoms with van der Waals surface area (Å²) >= 11 is 0. The minimum Gasteiger partial charge on any atom is -0.343 e. The molecule has 0 aliphatic carbocycles. The highest BCUT2D eigenvalue weighted by molar-refractivity contribution is 7.88. The topological polar surface area (TPSA) is 70.6 Å². The molecule has 1 saturated heterocycles. The molecule has 1 aromatic heterocycles. The lowest BCUT2D eigenvalue weighted by Gasteiger charge is -2.31. The van der Waals surface area contributed by atoms with Crippen molar-refractivity contribution in [2.24, 2.45) is 5.92 Å². The quantitative estimate of drug-likeness (QED) is 0.787. The van der Waals surface area contributed by atoms with Gasteiger partial charge < -0.3 is 4.90 Å². The van der Waals surface area contributed by atoms with Crippen LogP contribution in [0, 0.1) is 5.92 Å². The van der Waals surface area contributed by atoms with Crippen LogP contribution in [-0.4, -0.2) is 54.4 Å². The zero-order valence-corrected chi connectivity index (χ0v) is 14.6. The van der Waals surface area contributed by atoms with Crippen LogP contribution in [-0.2, 0) is 21.4 Å². The molecule has 1 fully saturated rings. The van der Waals surface area contributed by atoms with E-state index in [1.807, 2.05) is 4.90 Å². The highest BCUT2D eigenvalue weighted by Crippen LogP contribution is 2.17. The Labute approximate surface area is 138 Å². The summed E-state index contributed by atoms with van der Waals surface area (Å²) in [6.45, 7) is 4.24. The van der Waals surface area contributed by atoms with Gasteiger partial charge in [0.05, 0.1) is 6.26 Å². The number of pyridine rings is 1. The highest BCUT2D eigenvalue weighted by Gasteiger charge is 2.23. The van der Waals surface area contributed by atoms with Gasteiger partial charge in [0.15, 0.2) is 0 Å². The van der Waals surface area contributed by atoms with Crippen LogP contribution in [0.15, 0.2) is 24.5 Å². The second-order valence-corrected chi connectivity index (χ2v) is 8.25. The minimum absolute atomic E-state index is 0.0419. The van der Waals surface area contributed by atoms with E-state index in [2.05, 4.69) is 11.9 Å². The fourth-order valence-corrected chi connectivity index (χ4v) is 3.50. The van der Waals surface area contributed by atoms with Gasteiger partial charge in [0, 0.05) is 45.0 Å². The van der Waals surface area contributed by atoms with E-state index in [0.29, 0.717) is 5.92 Å². The molecule has 0 radical (unpaired) electrons. The maximum Gasteiger partial charge on any atom is 0.223 e. The summed E-state index contributed by atoms with van der Waals surface area (Å²) in [6, 6.07) is 3.57. The smallest absolute Gasteiger partial charge is 0.223 e. The van der Waals surface area contributed by atoms with Gasteiger partial charge in [-0.25, -0.2) is 8.42 Å². The average Bonchev–Trinajstić information content (AvgIpc) is 2.51. The number of hydrogen-bond acceptors (Lipinski definition) is 4. The van der Waals surface area contributed by atoms with E-state index in [-0.39, 0.29) is 25.4 Å². The van der Waals surface area contributed by atoms with Gasteiger partial charge in [-0.1, -0.05) is 6.92 Å². The first-order chi connectivity index (χ1) is 10.9. The molecule has 23 heavy (non-hydrogen) atoms. The molecule has 1 aliphatic rings. The van der Waals surface area contributed by atoms with E-state index in [9.17, 15) is 13.2 Å². The number of amides is 1. The number of sulfonamides is 1. The van der Waals surface area contributed by atoms with Crippen LogP contribution in [0.5, 0.6) is 0 Å². The number of carbonyl (C=O) groups excluding carboxylic acids is 1. The van der Waals surface area contributed by atoms with Crippen LogP contribution in [0.1, 0.15) is 31.7 Å². The van der Waals surface area contributed by atoms with Crippen molar-refractivity contribution in [1.82, 2.24) is 14.2 Å². The zero-order valence-electron chi connectivity index (χ0n) is 13.8. The molecular formula is C16H25N3O3S. The highest BCUT2D eigenvalue weighted by atomic mass is 32.2. The predicted molar refractivity (Wildman–Crippen MR) is 89.1 cm³/mol. The van der Waals surface area contributed by atoms with E-state index in [1.54, 1.807) is 24.5 Å². The Hall–Kier alpha value is -1.47. The zero-order chi connectivity index (χ0) is 16.9. The summed E-state index contributed by atoms with van der Waals surface area (Å²) in [7, 11) is -3.36. The maximum absolute atomic E-state index is 12.3. The van der Waals surface area contributed by atoms with Crippen molar-refractivity contribution in [3.05, 3.63) is 30.1 Å². The molecule has 0 bridgehead atoms. The lowest BCUT2D eigenvalue weighted by Crippen LogP contribution is -2.40. The first kappa shape index (κ1) is 17.9. The number of likely N-dealkylation sites (tertiary alicyclic amines) is 1. The second kappa shape index (κ2) is 7.88. The number of aromatic nitrogens is 1. The Balaban J connectivity index is 1.92. The Morgan fingerprint density at radius 1 is 1.30 bits per heavy atom. The molecule has 0 aromatic carbocycles. The Morgan fingerprint density at radius 2 is 1.91 bits per heavy atom. The molecule has 1 aromatic rings. The molecule has 2 heterocycles. The van der Waals surface area contributed by atoms with Crippen molar-refractivity contribution in [1.29, 1.82) is 0 Å². The van der Waals surface area contributed by atoms with Crippen LogP contribution in [0.2, 0.25) is 0 Å². The summed E-state index contributed by atoms with van der Waals surface area (Å²) in [5.41, 5.74) is 0.865. The molecule has 0 spiro atoms. The minimum atomic E-state index is -3.36. The summed E-state index contributed by atoms with van der Waals surface area (Å²) in [5.74, 6) is 0.707. The molecule has 0 saturated carbocycles. The third-order valence-electron chi connectivity index (χ3n) is 4.29. The summed E-state index contributed by atoms with van der Waals surface area (Å²) in [5, 5.41) is 0. The monoisotopic (exact) mass is 339 g/mol. The van der Waals surface area contributed by atoms with Gasteiger partial charge in [0.2, 0.25) is 15.9 Å². The Bertz CT molecular complexity index is 611. The van der Waals surface area contributed by atoms with Crippen LogP contribution in [0.25, 0.3) is 0 Å². The molecule has 128 valence electrons. The number of piperidine rings is 1. The number of nitrogens with zero attached hydrogens (tertiary/aromatic N) is 3. The van der Waals surface area contributed by atoms with E-state index < -0.39 is 10.0 Å². The maximum atomic E-state index is 12.3. The second-order valence-electron chi connectivity index (χ2n) is 6.27. The molecule has 0 atom stereocenters. The molecule has 0 unspecified atom stereocenters. The standard InChI is InChI=1S/C16H25N3O3S/c1-14-5-10-18(11-6-14)16(20)7-12-19(23(2,21)22)13-15-3-8-17-9-4-15/h3-4,8-9,14H,5-7,10-13H2,1-2H3. The summed E-state index contributed by atoms with van der Waals surface area (Å²) in [4.78, 5) is 18.1. The summed E-state index contributed by atoms with van der Waals surface area (Å²) in [6.07, 6.45) is 6.73. The van der Waals surface area contributed by atoms with Crippen molar-refractivity contribution >= 4 is 15.9 Å². The van der Waals surface area contributed by atoms with Gasteiger partial charge in [-0.3, -0.25) is 9.78 Å². The first-order valence-electron chi connectivity index (χ1n) is 7.98. The molecule has 1 amide bonds. The van der Waals surface area contributed by atoms with Crippen molar-refractivity contribution < 1.29 is 13.2 Å². The Kier molecular flexibility index (Phi) is 6.12.